The molecule has 4 heterocycles. The van der Waals surface area contributed by atoms with Crippen molar-refractivity contribution in [2.45, 2.75) is 53.4 Å². The number of aromatic nitrogens is 4. The first-order valence-corrected chi connectivity index (χ1v) is 20.6. The maximum absolute atomic E-state index is 9.31. The van der Waals surface area contributed by atoms with Crippen LogP contribution in [0.25, 0.3) is 11.1 Å². The van der Waals surface area contributed by atoms with Gasteiger partial charge in [-0.05, 0) is 71.5 Å². The number of pyridine rings is 4. The van der Waals surface area contributed by atoms with Crippen LogP contribution in [0.2, 0.25) is 10.0 Å². The van der Waals surface area contributed by atoms with Gasteiger partial charge in [-0.15, -0.1) is 0 Å². The highest BCUT2D eigenvalue weighted by molar-refractivity contribution is 6.32. The van der Waals surface area contributed by atoms with Crippen LogP contribution in [0.3, 0.4) is 0 Å². The number of aliphatic hydroxyl groups is 2. The second-order valence-corrected chi connectivity index (χ2v) is 15.0. The zero-order valence-corrected chi connectivity index (χ0v) is 36.2. The van der Waals surface area contributed by atoms with E-state index >= 15 is 0 Å². The van der Waals surface area contributed by atoms with Gasteiger partial charge >= 0.3 is 0 Å². The lowest BCUT2D eigenvalue weighted by molar-refractivity contribution is 0.263. The van der Waals surface area contributed by atoms with Crippen molar-refractivity contribution in [1.82, 2.24) is 30.6 Å². The van der Waals surface area contributed by atoms with Crippen LogP contribution in [0.5, 0.6) is 23.5 Å². The molecule has 0 fully saturated rings. The van der Waals surface area contributed by atoms with E-state index in [0.29, 0.717) is 64.7 Å². The summed E-state index contributed by atoms with van der Waals surface area (Å²) in [6, 6.07) is 21.4. The molecule has 4 aromatic heterocycles. The van der Waals surface area contributed by atoms with Gasteiger partial charge in [0.1, 0.15) is 42.5 Å². The fraction of sp³-hybridized carbons (Fsp3) is 0.283. The minimum Gasteiger partial charge on any atom is -0.472 e. The number of halogens is 2. The highest BCUT2D eigenvalue weighted by atomic mass is 35.5. The Hall–Kier alpha value is -6.05. The molecular formula is C46H48Cl2N8O6. The predicted molar refractivity (Wildman–Crippen MR) is 237 cm³/mol. The molecule has 0 saturated carbocycles. The Morgan fingerprint density at radius 2 is 1.10 bits per heavy atom. The summed E-state index contributed by atoms with van der Waals surface area (Å²) in [7, 11) is 1.83. The van der Waals surface area contributed by atoms with Gasteiger partial charge in [-0.2, -0.15) is 15.2 Å². The first kappa shape index (κ1) is 45.5. The molecule has 6 aromatic rings. The molecule has 0 aliphatic rings. The van der Waals surface area contributed by atoms with Gasteiger partial charge in [-0.3, -0.25) is 9.97 Å². The van der Waals surface area contributed by atoms with Crippen molar-refractivity contribution in [1.29, 1.82) is 5.26 Å². The molecule has 6 rings (SSSR count). The fourth-order valence-corrected chi connectivity index (χ4v) is 6.94. The van der Waals surface area contributed by atoms with Crippen molar-refractivity contribution in [3.8, 4) is 40.7 Å². The van der Waals surface area contributed by atoms with Gasteiger partial charge in [0.25, 0.3) is 0 Å². The zero-order chi connectivity index (χ0) is 43.8. The third-order valence-electron chi connectivity index (χ3n) is 9.84. The maximum Gasteiger partial charge on any atom is 0.236 e. The van der Waals surface area contributed by atoms with Crippen LogP contribution in [0.4, 0.5) is 5.69 Å². The summed E-state index contributed by atoms with van der Waals surface area (Å²) in [5.74, 6) is 1.09. The van der Waals surface area contributed by atoms with E-state index in [0.717, 1.165) is 50.2 Å². The second-order valence-electron chi connectivity index (χ2n) is 14.1. The first-order valence-electron chi connectivity index (χ1n) is 19.9. The monoisotopic (exact) mass is 878 g/mol. The lowest BCUT2D eigenvalue weighted by Gasteiger charge is -2.18. The van der Waals surface area contributed by atoms with E-state index in [9.17, 15) is 15.5 Å². The minimum atomic E-state index is -0.0303. The number of nitriles is 1. The third kappa shape index (κ3) is 12.1. The Labute approximate surface area is 370 Å². The number of rotatable bonds is 22. The van der Waals surface area contributed by atoms with Crippen molar-refractivity contribution in [3.63, 3.8) is 0 Å². The summed E-state index contributed by atoms with van der Waals surface area (Å²) in [6.45, 7) is 6.30. The molecule has 2 aromatic carbocycles. The molecule has 0 radical (unpaired) electrons. The Balaban J connectivity index is 1.18. The van der Waals surface area contributed by atoms with E-state index in [2.05, 4.69) is 56.0 Å². The number of hydrogen-bond donors (Lipinski definition) is 5. The molecule has 0 amide bonds. The molecule has 322 valence electrons. The lowest BCUT2D eigenvalue weighted by atomic mass is 9.92. The lowest BCUT2D eigenvalue weighted by Crippen LogP contribution is -2.18. The quantitative estimate of drug-likeness (QED) is 0.0429. The summed E-state index contributed by atoms with van der Waals surface area (Å²) in [6.07, 6.45) is 6.57. The molecule has 0 saturated heterocycles. The minimum absolute atomic E-state index is 0.0118. The summed E-state index contributed by atoms with van der Waals surface area (Å²) < 4.78 is 24.8. The van der Waals surface area contributed by atoms with E-state index in [1.165, 1.54) is 6.20 Å². The van der Waals surface area contributed by atoms with Gasteiger partial charge in [0.15, 0.2) is 0 Å². The number of hydrogen-bond acceptors (Lipinski definition) is 14. The molecule has 62 heavy (non-hydrogen) atoms. The Morgan fingerprint density at radius 3 is 1.58 bits per heavy atom. The SMILES string of the molecule is CNc1cncc(COc2nc(OCc3cccc(-c4cccc(COc5nc(OCc6cncc(C#N)c6)c(CNCCO)cc5Cl)c4C)c3C)c(Cl)cc2CNCCO)c1. The van der Waals surface area contributed by atoms with Gasteiger partial charge in [-0.1, -0.05) is 59.6 Å². The molecule has 0 bridgehead atoms. The molecule has 0 aliphatic heterocycles. The molecule has 0 unspecified atom stereocenters. The molecule has 0 spiro atoms. The van der Waals surface area contributed by atoms with E-state index < -0.39 is 0 Å². The normalized spacial score (nSPS) is 10.9. The second kappa shape index (κ2) is 22.7. The van der Waals surface area contributed by atoms with E-state index in [-0.39, 0.29) is 51.4 Å². The summed E-state index contributed by atoms with van der Waals surface area (Å²) in [5.41, 5.74) is 10.2. The molecular weight excluding hydrogens is 831 g/mol. The average molecular weight is 880 g/mol. The molecule has 0 atom stereocenters. The third-order valence-corrected chi connectivity index (χ3v) is 10.4. The Morgan fingerprint density at radius 1 is 0.613 bits per heavy atom. The van der Waals surface area contributed by atoms with E-state index in [1.807, 2.05) is 44.3 Å². The van der Waals surface area contributed by atoms with Crippen LogP contribution >= 0.6 is 23.2 Å². The van der Waals surface area contributed by atoms with E-state index in [4.69, 9.17) is 47.1 Å². The standard InChI is InChI=1S/C46H48Cl2N8O6/c1-29-34(27-61-45-41(47)16-36(22-51-10-12-57)43(55-45)59-25-32-14-31(18-49)19-53-20-32)6-4-8-39(29)40-9-5-7-35(30(40)2)28-62-46-42(48)17-37(23-52-11-13-58)44(56-46)60-26-33-15-38(50-3)24-54-21-33/h4-9,14-17,19-21,24,50-52,57-58H,10-13,22-23,25-28H2,1-3H3. The maximum atomic E-state index is 9.31. The van der Waals surface area contributed by atoms with Gasteiger partial charge in [-0.25, -0.2) is 0 Å². The fourth-order valence-electron chi connectivity index (χ4n) is 6.49. The number of nitrogens with one attached hydrogen (secondary N) is 3. The highest BCUT2D eigenvalue weighted by Gasteiger charge is 2.18. The number of ether oxygens (including phenoxy) is 4. The molecule has 5 N–H and O–H groups in total. The topological polar surface area (TPSA) is 189 Å². The van der Waals surface area contributed by atoms with Crippen LogP contribution in [-0.4, -0.2) is 63.5 Å². The Bertz CT molecular complexity index is 2500. The van der Waals surface area contributed by atoms with Crippen molar-refractivity contribution in [2.24, 2.45) is 0 Å². The first-order chi connectivity index (χ1) is 30.2. The van der Waals surface area contributed by atoms with Crippen molar-refractivity contribution < 1.29 is 29.2 Å². The largest absolute Gasteiger partial charge is 0.472 e. The summed E-state index contributed by atoms with van der Waals surface area (Å²) in [5, 5.41) is 37.9. The number of benzene rings is 2. The van der Waals surface area contributed by atoms with Crippen molar-refractivity contribution in [2.75, 3.05) is 38.7 Å². The molecule has 0 aliphatic carbocycles. The molecule has 14 nitrogen and oxygen atoms in total. The van der Waals surface area contributed by atoms with E-state index in [1.54, 1.807) is 36.8 Å². The smallest absolute Gasteiger partial charge is 0.236 e. The number of nitrogens with zero attached hydrogens (tertiary/aromatic N) is 5. The van der Waals surface area contributed by atoms with Crippen molar-refractivity contribution in [3.05, 3.63) is 146 Å². The van der Waals surface area contributed by atoms with Gasteiger partial charge in [0, 0.05) is 80.3 Å². The zero-order valence-electron chi connectivity index (χ0n) is 34.7. The van der Waals surface area contributed by atoms with Gasteiger partial charge in [0.05, 0.1) is 24.5 Å². The van der Waals surface area contributed by atoms with Gasteiger partial charge in [0.2, 0.25) is 23.5 Å². The van der Waals surface area contributed by atoms with Crippen molar-refractivity contribution >= 4 is 28.9 Å². The van der Waals surface area contributed by atoms with Gasteiger partial charge < -0.3 is 45.1 Å². The summed E-state index contributed by atoms with van der Waals surface area (Å²) in [4.78, 5) is 17.7. The molecule has 16 heteroatoms. The average Bonchev–Trinajstić information content (AvgIpc) is 3.29. The Kier molecular flexibility index (Phi) is 16.6. The van der Waals surface area contributed by atoms with Crippen LogP contribution in [0.1, 0.15) is 50.1 Å². The van der Waals surface area contributed by atoms with Crippen LogP contribution in [0.15, 0.2) is 85.5 Å². The number of anilines is 1. The summed E-state index contributed by atoms with van der Waals surface area (Å²) >= 11 is 13.4. The van der Waals surface area contributed by atoms with Crippen LogP contribution in [-0.2, 0) is 39.5 Å². The predicted octanol–water partition coefficient (Wildman–Crippen LogP) is 7.25. The number of aliphatic hydroxyl groups excluding tert-OH is 2. The van der Waals surface area contributed by atoms with Crippen LogP contribution < -0.4 is 34.9 Å². The van der Waals surface area contributed by atoms with Crippen LogP contribution in [0, 0.1) is 25.2 Å². The highest BCUT2D eigenvalue weighted by Crippen LogP contribution is 2.35.